The third kappa shape index (κ3) is 3.40. The summed E-state index contributed by atoms with van der Waals surface area (Å²) >= 11 is 3.34. The number of carbonyl (C=O) groups excluding carboxylic acids is 1. The van der Waals surface area contributed by atoms with E-state index in [1.54, 1.807) is 31.4 Å². The third-order valence-electron chi connectivity index (χ3n) is 3.04. The summed E-state index contributed by atoms with van der Waals surface area (Å²) in [6, 6.07) is 14.4. The average Bonchev–Trinajstić information content (AvgIpc) is 3.05. The van der Waals surface area contributed by atoms with Gasteiger partial charge in [-0.3, -0.25) is 4.79 Å². The highest BCUT2D eigenvalue weighted by Gasteiger charge is 2.18. The Morgan fingerprint density at radius 3 is 2.78 bits per heavy atom. The third-order valence-corrected chi connectivity index (χ3v) is 3.53. The highest BCUT2D eigenvalue weighted by atomic mass is 79.9. The van der Waals surface area contributed by atoms with Crippen LogP contribution in [0.4, 0.5) is 5.69 Å². The van der Waals surface area contributed by atoms with Gasteiger partial charge in [0.2, 0.25) is 0 Å². The van der Waals surface area contributed by atoms with Crippen LogP contribution in [-0.2, 0) is 0 Å². The number of anilines is 1. The Labute approximate surface area is 140 Å². The first-order valence-electron chi connectivity index (χ1n) is 6.71. The summed E-state index contributed by atoms with van der Waals surface area (Å²) in [6.45, 7) is 0. The summed E-state index contributed by atoms with van der Waals surface area (Å²) in [4.78, 5) is 12.2. The van der Waals surface area contributed by atoms with E-state index in [4.69, 9.17) is 9.15 Å². The van der Waals surface area contributed by atoms with Crippen LogP contribution in [0.15, 0.2) is 57.4 Å². The monoisotopic (exact) mass is 373 g/mol. The van der Waals surface area contributed by atoms with Crippen LogP contribution < -0.4 is 10.1 Å². The number of hydrogen-bond acceptors (Lipinski definition) is 5. The van der Waals surface area contributed by atoms with Crippen molar-refractivity contribution in [1.29, 1.82) is 0 Å². The summed E-state index contributed by atoms with van der Waals surface area (Å²) in [5.41, 5.74) is 1.26. The molecule has 0 aliphatic rings. The summed E-state index contributed by atoms with van der Waals surface area (Å²) in [5, 5.41) is 10.4. The van der Waals surface area contributed by atoms with Gasteiger partial charge in [-0.1, -0.05) is 34.1 Å². The molecule has 1 heterocycles. The Balaban J connectivity index is 1.83. The fraction of sp³-hybridized carbons (Fsp3) is 0.0625. The van der Waals surface area contributed by atoms with Crippen molar-refractivity contribution < 1.29 is 13.9 Å². The maximum absolute atomic E-state index is 12.2. The summed E-state index contributed by atoms with van der Waals surface area (Å²) < 4.78 is 11.6. The van der Waals surface area contributed by atoms with Crippen LogP contribution in [0.1, 0.15) is 10.7 Å². The molecule has 0 radical (unpaired) electrons. The first-order valence-corrected chi connectivity index (χ1v) is 7.50. The molecule has 0 saturated carbocycles. The second kappa shape index (κ2) is 6.62. The summed E-state index contributed by atoms with van der Waals surface area (Å²) in [5.74, 6) is 0.222. The molecule has 3 aromatic rings. The lowest BCUT2D eigenvalue weighted by molar-refractivity contribution is 0.0991. The standard InChI is InChI=1S/C16H12BrN3O3/c1-22-13-8-3-2-7-12(13)15-19-20-16(23-15)14(21)18-11-6-4-5-10(17)9-11/h2-9H,1H3,(H,18,21). The van der Waals surface area contributed by atoms with Crippen molar-refractivity contribution in [1.82, 2.24) is 10.2 Å². The summed E-state index contributed by atoms with van der Waals surface area (Å²) in [7, 11) is 1.55. The minimum absolute atomic E-state index is 0.120. The minimum Gasteiger partial charge on any atom is -0.496 e. The number of nitrogens with one attached hydrogen (secondary N) is 1. The van der Waals surface area contributed by atoms with Crippen molar-refractivity contribution in [2.45, 2.75) is 0 Å². The molecule has 3 rings (SSSR count). The van der Waals surface area contributed by atoms with Crippen LogP contribution in [0.2, 0.25) is 0 Å². The fourth-order valence-electron chi connectivity index (χ4n) is 2.00. The molecule has 0 atom stereocenters. The Morgan fingerprint density at radius 1 is 1.17 bits per heavy atom. The fourth-order valence-corrected chi connectivity index (χ4v) is 2.40. The van der Waals surface area contributed by atoms with Crippen LogP contribution in [0.3, 0.4) is 0 Å². The van der Waals surface area contributed by atoms with Gasteiger partial charge in [-0.2, -0.15) is 0 Å². The largest absolute Gasteiger partial charge is 0.496 e. The van der Waals surface area contributed by atoms with Crippen LogP contribution in [-0.4, -0.2) is 23.2 Å². The van der Waals surface area contributed by atoms with E-state index in [0.29, 0.717) is 17.0 Å². The molecule has 0 unspecified atom stereocenters. The Bertz CT molecular complexity index is 848. The van der Waals surface area contributed by atoms with Crippen LogP contribution in [0, 0.1) is 0 Å². The van der Waals surface area contributed by atoms with E-state index in [9.17, 15) is 4.79 Å². The van der Waals surface area contributed by atoms with Gasteiger partial charge in [0.05, 0.1) is 12.7 Å². The molecule has 0 spiro atoms. The molecular weight excluding hydrogens is 362 g/mol. The molecule has 23 heavy (non-hydrogen) atoms. The number of amides is 1. The lowest BCUT2D eigenvalue weighted by Crippen LogP contribution is -2.12. The molecule has 0 fully saturated rings. The van der Waals surface area contributed by atoms with Gasteiger partial charge < -0.3 is 14.5 Å². The molecule has 6 nitrogen and oxygen atoms in total. The van der Waals surface area contributed by atoms with Crippen LogP contribution in [0.25, 0.3) is 11.5 Å². The van der Waals surface area contributed by atoms with Crippen molar-refractivity contribution >= 4 is 27.5 Å². The zero-order valence-corrected chi connectivity index (χ0v) is 13.7. The molecule has 7 heteroatoms. The van der Waals surface area contributed by atoms with Gasteiger partial charge in [-0.05, 0) is 30.3 Å². The molecule has 2 aromatic carbocycles. The normalized spacial score (nSPS) is 10.3. The predicted octanol–water partition coefficient (Wildman–Crippen LogP) is 3.76. The van der Waals surface area contributed by atoms with E-state index in [2.05, 4.69) is 31.4 Å². The first-order chi connectivity index (χ1) is 11.2. The Kier molecular flexibility index (Phi) is 4.38. The van der Waals surface area contributed by atoms with Crippen LogP contribution >= 0.6 is 15.9 Å². The van der Waals surface area contributed by atoms with Crippen molar-refractivity contribution in [3.63, 3.8) is 0 Å². The second-order valence-electron chi connectivity index (χ2n) is 4.58. The number of hydrogen-bond donors (Lipinski definition) is 1. The second-order valence-corrected chi connectivity index (χ2v) is 5.49. The van der Waals surface area contributed by atoms with Crippen molar-refractivity contribution in [3.05, 3.63) is 58.9 Å². The molecule has 1 N–H and O–H groups in total. The van der Waals surface area contributed by atoms with E-state index >= 15 is 0 Å². The number of halogens is 1. The number of aromatic nitrogens is 2. The lowest BCUT2D eigenvalue weighted by atomic mass is 10.2. The van der Waals surface area contributed by atoms with Crippen molar-refractivity contribution in [2.75, 3.05) is 12.4 Å². The van der Waals surface area contributed by atoms with Gasteiger partial charge in [-0.15, -0.1) is 10.2 Å². The maximum Gasteiger partial charge on any atom is 0.313 e. The van der Waals surface area contributed by atoms with Crippen molar-refractivity contribution in [2.24, 2.45) is 0 Å². The number of benzene rings is 2. The molecule has 0 saturated heterocycles. The molecular formula is C16H12BrN3O3. The minimum atomic E-state index is -0.475. The average molecular weight is 374 g/mol. The topological polar surface area (TPSA) is 77.2 Å². The number of rotatable bonds is 4. The SMILES string of the molecule is COc1ccccc1-c1nnc(C(=O)Nc2cccc(Br)c2)o1. The number of ether oxygens (including phenoxy) is 1. The highest BCUT2D eigenvalue weighted by molar-refractivity contribution is 9.10. The predicted molar refractivity (Wildman–Crippen MR) is 88.4 cm³/mol. The van der Waals surface area contributed by atoms with Gasteiger partial charge in [-0.25, -0.2) is 0 Å². The van der Waals surface area contributed by atoms with E-state index in [0.717, 1.165) is 4.47 Å². The summed E-state index contributed by atoms with van der Waals surface area (Å²) in [6.07, 6.45) is 0. The molecule has 116 valence electrons. The number of para-hydroxylation sites is 1. The zero-order chi connectivity index (χ0) is 16.2. The van der Waals surface area contributed by atoms with Gasteiger partial charge >= 0.3 is 11.8 Å². The molecule has 1 aromatic heterocycles. The highest BCUT2D eigenvalue weighted by Crippen LogP contribution is 2.28. The maximum atomic E-state index is 12.2. The van der Waals surface area contributed by atoms with Crippen molar-refractivity contribution in [3.8, 4) is 17.2 Å². The number of carbonyl (C=O) groups is 1. The number of nitrogens with zero attached hydrogens (tertiary/aromatic N) is 2. The van der Waals surface area contributed by atoms with E-state index in [1.807, 2.05) is 24.3 Å². The Hall–Kier alpha value is -2.67. The van der Waals surface area contributed by atoms with E-state index in [-0.39, 0.29) is 11.8 Å². The molecule has 1 amide bonds. The Morgan fingerprint density at radius 2 is 2.00 bits per heavy atom. The van der Waals surface area contributed by atoms with Gasteiger partial charge in [0.15, 0.2) is 0 Å². The van der Waals surface area contributed by atoms with E-state index in [1.165, 1.54) is 0 Å². The van der Waals surface area contributed by atoms with E-state index < -0.39 is 5.91 Å². The lowest BCUT2D eigenvalue weighted by Gasteiger charge is -2.03. The molecule has 0 bridgehead atoms. The molecule has 0 aliphatic heterocycles. The van der Waals surface area contributed by atoms with Crippen LogP contribution in [0.5, 0.6) is 5.75 Å². The zero-order valence-electron chi connectivity index (χ0n) is 12.1. The van der Waals surface area contributed by atoms with Gasteiger partial charge in [0.25, 0.3) is 5.89 Å². The van der Waals surface area contributed by atoms with Gasteiger partial charge in [0, 0.05) is 10.2 Å². The number of methoxy groups -OCH3 is 1. The smallest absolute Gasteiger partial charge is 0.313 e. The quantitative estimate of drug-likeness (QED) is 0.753. The van der Waals surface area contributed by atoms with Gasteiger partial charge in [0.1, 0.15) is 5.75 Å². The molecule has 0 aliphatic carbocycles. The first kappa shape index (κ1) is 15.2.